The highest BCUT2D eigenvalue weighted by atomic mass is 35.5. The van der Waals surface area contributed by atoms with Gasteiger partial charge < -0.3 is 16.4 Å². The molecular weight excluding hydrogens is 336 g/mol. The molecule has 3 rings (SSSR count). The third-order valence-corrected chi connectivity index (χ3v) is 3.87. The number of halogens is 1. The zero-order valence-corrected chi connectivity index (χ0v) is 14.6. The Morgan fingerprint density at radius 3 is 2.48 bits per heavy atom. The number of anilines is 3. The van der Waals surface area contributed by atoms with Gasteiger partial charge in [-0.2, -0.15) is 15.0 Å². The van der Waals surface area contributed by atoms with Crippen LogP contribution in [0.2, 0.25) is 5.02 Å². The molecule has 0 spiro atoms. The maximum atomic E-state index is 5.89. The number of nitrogens with one attached hydrogen (secondary N) is 2. The number of nitrogens with zero attached hydrogens (tertiary/aromatic N) is 3. The first-order valence-electron chi connectivity index (χ1n) is 7.88. The molecule has 25 heavy (non-hydrogen) atoms. The number of rotatable bonds is 6. The number of aromatic nitrogens is 3. The Kier molecular flexibility index (Phi) is 5.42. The summed E-state index contributed by atoms with van der Waals surface area (Å²) in [5.41, 5.74) is 8.97. The van der Waals surface area contributed by atoms with E-state index in [9.17, 15) is 0 Å². The third-order valence-electron chi connectivity index (χ3n) is 3.62. The van der Waals surface area contributed by atoms with Crippen LogP contribution in [0.15, 0.2) is 48.5 Å². The topological polar surface area (TPSA) is 88.8 Å². The van der Waals surface area contributed by atoms with E-state index in [0.717, 1.165) is 21.8 Å². The average Bonchev–Trinajstić information content (AvgIpc) is 2.58. The predicted molar refractivity (Wildman–Crippen MR) is 101 cm³/mol. The number of benzene rings is 2. The van der Waals surface area contributed by atoms with Gasteiger partial charge in [0, 0.05) is 17.3 Å². The molecule has 0 fully saturated rings. The molecule has 128 valence electrons. The molecule has 7 heteroatoms. The van der Waals surface area contributed by atoms with Crippen LogP contribution in [0.5, 0.6) is 0 Å². The Labute approximate surface area is 151 Å². The lowest BCUT2D eigenvalue weighted by atomic mass is 10.2. The van der Waals surface area contributed by atoms with E-state index in [-0.39, 0.29) is 5.95 Å². The van der Waals surface area contributed by atoms with Gasteiger partial charge in [-0.05, 0) is 36.2 Å². The molecule has 4 N–H and O–H groups in total. The van der Waals surface area contributed by atoms with E-state index >= 15 is 0 Å². The fraction of sp³-hybridized carbons (Fsp3) is 0.167. The van der Waals surface area contributed by atoms with Gasteiger partial charge in [-0.3, -0.25) is 0 Å². The van der Waals surface area contributed by atoms with Crippen molar-refractivity contribution in [1.82, 2.24) is 20.3 Å². The largest absolute Gasteiger partial charge is 0.368 e. The first-order chi connectivity index (χ1) is 12.1. The lowest BCUT2D eigenvalue weighted by Crippen LogP contribution is -2.17. The molecule has 0 aliphatic rings. The SMILES string of the molecule is Cc1ccccc1Nc1nc(N)nc(CNCc2ccc(Cl)cc2)n1. The lowest BCUT2D eigenvalue weighted by Gasteiger charge is -2.10. The fourth-order valence-electron chi connectivity index (χ4n) is 2.33. The van der Waals surface area contributed by atoms with Crippen molar-refractivity contribution in [3.63, 3.8) is 0 Å². The van der Waals surface area contributed by atoms with Crippen LogP contribution in [-0.4, -0.2) is 15.0 Å². The van der Waals surface area contributed by atoms with Crippen LogP contribution in [0.1, 0.15) is 17.0 Å². The highest BCUT2D eigenvalue weighted by Gasteiger charge is 2.06. The number of nitrogen functional groups attached to an aromatic ring is 1. The van der Waals surface area contributed by atoms with Crippen molar-refractivity contribution in [2.75, 3.05) is 11.1 Å². The van der Waals surface area contributed by atoms with Gasteiger partial charge in [-0.15, -0.1) is 0 Å². The van der Waals surface area contributed by atoms with Crippen molar-refractivity contribution >= 4 is 29.2 Å². The summed E-state index contributed by atoms with van der Waals surface area (Å²) in [6.07, 6.45) is 0. The molecule has 0 amide bonds. The van der Waals surface area contributed by atoms with Crippen LogP contribution in [0.25, 0.3) is 0 Å². The van der Waals surface area contributed by atoms with Gasteiger partial charge in [0.25, 0.3) is 0 Å². The smallest absolute Gasteiger partial charge is 0.232 e. The lowest BCUT2D eigenvalue weighted by molar-refractivity contribution is 0.661. The zero-order valence-electron chi connectivity index (χ0n) is 13.8. The number of hydrogen-bond acceptors (Lipinski definition) is 6. The Morgan fingerprint density at radius 2 is 1.72 bits per heavy atom. The molecule has 1 aromatic heterocycles. The van der Waals surface area contributed by atoms with Gasteiger partial charge in [0.1, 0.15) is 5.82 Å². The normalized spacial score (nSPS) is 10.6. The van der Waals surface area contributed by atoms with Crippen LogP contribution in [0.4, 0.5) is 17.6 Å². The summed E-state index contributed by atoms with van der Waals surface area (Å²) in [5.74, 6) is 1.21. The van der Waals surface area contributed by atoms with E-state index in [1.807, 2.05) is 55.5 Å². The molecular formula is C18H19ClN6. The van der Waals surface area contributed by atoms with Gasteiger partial charge in [0.2, 0.25) is 11.9 Å². The summed E-state index contributed by atoms with van der Waals surface area (Å²) < 4.78 is 0. The van der Waals surface area contributed by atoms with E-state index in [1.165, 1.54) is 0 Å². The molecule has 0 unspecified atom stereocenters. The van der Waals surface area contributed by atoms with Gasteiger partial charge in [0.15, 0.2) is 0 Å². The van der Waals surface area contributed by atoms with Gasteiger partial charge in [-0.1, -0.05) is 41.9 Å². The Morgan fingerprint density at radius 1 is 0.960 bits per heavy atom. The maximum absolute atomic E-state index is 5.89. The van der Waals surface area contributed by atoms with Crippen molar-refractivity contribution in [3.05, 3.63) is 70.5 Å². The first-order valence-corrected chi connectivity index (χ1v) is 8.26. The zero-order chi connectivity index (χ0) is 17.6. The third kappa shape index (κ3) is 4.89. The van der Waals surface area contributed by atoms with Crippen molar-refractivity contribution in [3.8, 4) is 0 Å². The van der Waals surface area contributed by atoms with E-state index in [2.05, 4.69) is 25.6 Å². The highest BCUT2D eigenvalue weighted by Crippen LogP contribution is 2.17. The summed E-state index contributed by atoms with van der Waals surface area (Å²) >= 11 is 5.89. The van der Waals surface area contributed by atoms with Crippen LogP contribution in [0, 0.1) is 6.92 Å². The summed E-state index contributed by atoms with van der Waals surface area (Å²) in [5, 5.41) is 7.19. The Hall–Kier alpha value is -2.70. The molecule has 2 aromatic carbocycles. The molecule has 0 bridgehead atoms. The number of aryl methyl sites for hydroxylation is 1. The molecule has 0 aliphatic heterocycles. The minimum absolute atomic E-state index is 0.189. The second-order valence-electron chi connectivity index (χ2n) is 5.60. The highest BCUT2D eigenvalue weighted by molar-refractivity contribution is 6.30. The first kappa shape index (κ1) is 17.1. The minimum atomic E-state index is 0.189. The number of hydrogen-bond donors (Lipinski definition) is 3. The molecule has 0 aliphatic carbocycles. The summed E-state index contributed by atoms with van der Waals surface area (Å²) in [4.78, 5) is 12.7. The van der Waals surface area contributed by atoms with Crippen molar-refractivity contribution in [2.24, 2.45) is 0 Å². The second kappa shape index (κ2) is 7.92. The average molecular weight is 355 g/mol. The van der Waals surface area contributed by atoms with Crippen LogP contribution in [0.3, 0.4) is 0 Å². The van der Waals surface area contributed by atoms with Crippen LogP contribution < -0.4 is 16.4 Å². The summed E-state index contributed by atoms with van der Waals surface area (Å²) in [6, 6.07) is 15.6. The minimum Gasteiger partial charge on any atom is -0.368 e. The number of para-hydroxylation sites is 1. The quantitative estimate of drug-likeness (QED) is 0.628. The van der Waals surface area contributed by atoms with E-state index in [0.29, 0.717) is 24.9 Å². The molecule has 0 atom stereocenters. The standard InChI is InChI=1S/C18H19ClN6/c1-12-4-2-3-5-15(12)22-18-24-16(23-17(20)25-18)11-21-10-13-6-8-14(19)9-7-13/h2-9,21H,10-11H2,1H3,(H3,20,22,23,24,25). The van der Waals surface area contributed by atoms with Gasteiger partial charge in [0.05, 0.1) is 6.54 Å². The van der Waals surface area contributed by atoms with Gasteiger partial charge in [-0.25, -0.2) is 0 Å². The monoisotopic (exact) mass is 354 g/mol. The Bertz CT molecular complexity index is 850. The molecule has 6 nitrogen and oxygen atoms in total. The molecule has 0 radical (unpaired) electrons. The molecule has 0 saturated carbocycles. The second-order valence-corrected chi connectivity index (χ2v) is 6.04. The number of nitrogens with two attached hydrogens (primary N) is 1. The summed E-state index contributed by atoms with van der Waals surface area (Å²) in [7, 11) is 0. The fourth-order valence-corrected chi connectivity index (χ4v) is 2.45. The Balaban J connectivity index is 1.65. The van der Waals surface area contributed by atoms with Gasteiger partial charge >= 0.3 is 0 Å². The van der Waals surface area contributed by atoms with E-state index in [4.69, 9.17) is 17.3 Å². The molecule has 0 saturated heterocycles. The molecule has 3 aromatic rings. The van der Waals surface area contributed by atoms with E-state index < -0.39 is 0 Å². The van der Waals surface area contributed by atoms with Crippen molar-refractivity contribution in [1.29, 1.82) is 0 Å². The van der Waals surface area contributed by atoms with E-state index in [1.54, 1.807) is 0 Å². The molecule has 1 heterocycles. The maximum Gasteiger partial charge on any atom is 0.232 e. The summed E-state index contributed by atoms with van der Waals surface area (Å²) in [6.45, 7) is 3.18. The van der Waals surface area contributed by atoms with Crippen LogP contribution >= 0.6 is 11.6 Å². The van der Waals surface area contributed by atoms with Crippen molar-refractivity contribution < 1.29 is 0 Å². The predicted octanol–water partition coefficient (Wildman–Crippen LogP) is 3.45. The van der Waals surface area contributed by atoms with Crippen molar-refractivity contribution in [2.45, 2.75) is 20.0 Å². The van der Waals surface area contributed by atoms with Crippen LogP contribution in [-0.2, 0) is 13.1 Å².